The van der Waals surface area contributed by atoms with E-state index in [1.807, 2.05) is 32.0 Å². The SMILES string of the molecule is CC(C)CN(C[C@@H](O)[C@H](Cc1ccccc1)NC(=O)[C@H](C)CC(N)=O)S(=O)(=O)NC(C)(C)CC(=O)O. The van der Waals surface area contributed by atoms with Crippen LogP contribution >= 0.6 is 0 Å². The molecule has 2 amide bonds. The second-order valence-electron chi connectivity index (χ2n) is 10.2. The van der Waals surface area contributed by atoms with E-state index in [1.165, 1.54) is 20.8 Å². The van der Waals surface area contributed by atoms with Crippen molar-refractivity contribution in [3.05, 3.63) is 35.9 Å². The van der Waals surface area contributed by atoms with Crippen molar-refractivity contribution in [1.29, 1.82) is 0 Å². The third-order valence-electron chi connectivity index (χ3n) is 5.34. The Morgan fingerprint density at radius 1 is 1.08 bits per heavy atom. The number of hydrogen-bond acceptors (Lipinski definition) is 6. The summed E-state index contributed by atoms with van der Waals surface area (Å²) in [6, 6.07) is 8.20. The maximum atomic E-state index is 13.2. The number of carboxylic acids is 1. The van der Waals surface area contributed by atoms with Gasteiger partial charge in [-0.25, -0.2) is 0 Å². The molecule has 204 valence electrons. The van der Waals surface area contributed by atoms with E-state index in [4.69, 9.17) is 10.8 Å². The van der Waals surface area contributed by atoms with Crippen molar-refractivity contribution in [3.8, 4) is 0 Å². The summed E-state index contributed by atoms with van der Waals surface area (Å²) in [6.45, 7) is 7.79. The molecule has 36 heavy (non-hydrogen) atoms. The molecular weight excluding hydrogens is 488 g/mol. The number of nitrogens with one attached hydrogen (secondary N) is 2. The Balaban J connectivity index is 3.19. The molecule has 0 fully saturated rings. The standard InChI is InChI=1S/C24H40N4O7S/c1-16(2)14-28(36(34,35)27-24(4,5)13-22(31)32)15-20(29)19(12-18-9-7-6-8-10-18)26-23(33)17(3)11-21(25)30/h6-10,16-17,19-20,27,29H,11-15H2,1-5H3,(H2,25,30)(H,26,33)(H,31,32)/t17-,19+,20-/m1/s1. The highest BCUT2D eigenvalue weighted by atomic mass is 32.2. The highest BCUT2D eigenvalue weighted by Crippen LogP contribution is 2.16. The van der Waals surface area contributed by atoms with E-state index in [0.717, 1.165) is 9.87 Å². The summed E-state index contributed by atoms with van der Waals surface area (Å²) in [5.74, 6) is -3.13. The molecule has 0 bridgehead atoms. The third-order valence-corrected chi connectivity index (χ3v) is 7.13. The monoisotopic (exact) mass is 528 g/mol. The summed E-state index contributed by atoms with van der Waals surface area (Å²) < 4.78 is 29.9. The molecule has 3 atom stereocenters. The van der Waals surface area contributed by atoms with Gasteiger partial charge >= 0.3 is 5.97 Å². The van der Waals surface area contributed by atoms with Gasteiger partial charge in [-0.05, 0) is 31.7 Å². The van der Waals surface area contributed by atoms with Crippen molar-refractivity contribution < 1.29 is 33.0 Å². The minimum atomic E-state index is -4.20. The third kappa shape index (κ3) is 11.5. The number of aliphatic carboxylic acids is 1. The van der Waals surface area contributed by atoms with Crippen LogP contribution < -0.4 is 15.8 Å². The van der Waals surface area contributed by atoms with Gasteiger partial charge in [0.1, 0.15) is 0 Å². The Morgan fingerprint density at radius 2 is 1.67 bits per heavy atom. The van der Waals surface area contributed by atoms with Gasteiger partial charge in [-0.1, -0.05) is 51.1 Å². The van der Waals surface area contributed by atoms with Crippen LogP contribution in [0.15, 0.2) is 30.3 Å². The zero-order valence-electron chi connectivity index (χ0n) is 21.6. The van der Waals surface area contributed by atoms with Gasteiger partial charge in [-0.2, -0.15) is 17.4 Å². The molecular formula is C24H40N4O7S. The fourth-order valence-corrected chi connectivity index (χ4v) is 5.46. The van der Waals surface area contributed by atoms with E-state index in [0.29, 0.717) is 0 Å². The number of primary amides is 1. The first kappa shape index (κ1) is 31.5. The van der Waals surface area contributed by atoms with Gasteiger partial charge in [0.05, 0.1) is 18.6 Å². The van der Waals surface area contributed by atoms with Crippen molar-refractivity contribution in [3.63, 3.8) is 0 Å². The molecule has 11 nitrogen and oxygen atoms in total. The molecule has 6 N–H and O–H groups in total. The molecule has 0 aromatic heterocycles. The molecule has 12 heteroatoms. The minimum Gasteiger partial charge on any atom is -0.481 e. The molecule has 1 aromatic rings. The number of benzene rings is 1. The molecule has 0 heterocycles. The Kier molecular flexibility index (Phi) is 12.0. The Hall–Kier alpha value is -2.54. The fraction of sp³-hybridized carbons (Fsp3) is 0.625. The average molecular weight is 529 g/mol. The van der Waals surface area contributed by atoms with Gasteiger partial charge < -0.3 is 21.3 Å². The highest BCUT2D eigenvalue weighted by Gasteiger charge is 2.35. The van der Waals surface area contributed by atoms with Crippen molar-refractivity contribution in [2.24, 2.45) is 17.6 Å². The molecule has 0 aliphatic carbocycles. The van der Waals surface area contributed by atoms with Gasteiger partial charge in [0.2, 0.25) is 11.8 Å². The second kappa shape index (κ2) is 13.7. The maximum absolute atomic E-state index is 13.2. The van der Waals surface area contributed by atoms with Gasteiger partial charge in [0.25, 0.3) is 10.2 Å². The number of rotatable bonds is 16. The number of amides is 2. The Morgan fingerprint density at radius 3 is 2.17 bits per heavy atom. The summed E-state index contributed by atoms with van der Waals surface area (Å²) in [7, 11) is -4.20. The number of hydrogen-bond donors (Lipinski definition) is 5. The first-order chi connectivity index (χ1) is 16.5. The summed E-state index contributed by atoms with van der Waals surface area (Å²) in [4.78, 5) is 35.1. The molecule has 0 unspecified atom stereocenters. The molecule has 1 aromatic carbocycles. The molecule has 0 saturated carbocycles. The lowest BCUT2D eigenvalue weighted by Gasteiger charge is -2.33. The molecule has 1 rings (SSSR count). The Labute approximate surface area is 213 Å². The van der Waals surface area contributed by atoms with E-state index in [1.54, 1.807) is 12.1 Å². The number of aliphatic hydroxyl groups is 1. The smallest absolute Gasteiger partial charge is 0.305 e. The lowest BCUT2D eigenvalue weighted by atomic mass is 9.99. The van der Waals surface area contributed by atoms with Crippen LogP contribution in [0.2, 0.25) is 0 Å². The van der Waals surface area contributed by atoms with Gasteiger partial charge in [-0.3, -0.25) is 14.4 Å². The van der Waals surface area contributed by atoms with Crippen LogP contribution in [0.1, 0.15) is 53.0 Å². The van der Waals surface area contributed by atoms with Crippen LogP contribution in [-0.2, 0) is 31.0 Å². The van der Waals surface area contributed by atoms with Crippen LogP contribution in [0.4, 0.5) is 0 Å². The van der Waals surface area contributed by atoms with E-state index >= 15 is 0 Å². The van der Waals surface area contributed by atoms with E-state index in [9.17, 15) is 27.9 Å². The molecule has 0 spiro atoms. The lowest BCUT2D eigenvalue weighted by molar-refractivity contribution is -0.138. The average Bonchev–Trinajstić information content (AvgIpc) is 2.70. The van der Waals surface area contributed by atoms with Crippen LogP contribution in [0.25, 0.3) is 0 Å². The minimum absolute atomic E-state index is 0.0552. The molecule has 0 saturated heterocycles. The van der Waals surface area contributed by atoms with Crippen molar-refractivity contribution in [2.45, 2.75) is 71.6 Å². The van der Waals surface area contributed by atoms with Crippen molar-refractivity contribution in [1.82, 2.24) is 14.3 Å². The topological polar surface area (TPSA) is 179 Å². The van der Waals surface area contributed by atoms with Crippen LogP contribution in [0.3, 0.4) is 0 Å². The number of carboxylic acid groups (broad SMARTS) is 1. The highest BCUT2D eigenvalue weighted by molar-refractivity contribution is 7.87. The first-order valence-corrected chi connectivity index (χ1v) is 13.3. The zero-order chi connectivity index (χ0) is 27.7. The normalized spacial score (nSPS) is 14.9. The zero-order valence-corrected chi connectivity index (χ0v) is 22.4. The van der Waals surface area contributed by atoms with Gasteiger partial charge in [0, 0.05) is 31.0 Å². The molecule has 0 aliphatic heterocycles. The lowest BCUT2D eigenvalue weighted by Crippen LogP contribution is -2.56. The first-order valence-electron chi connectivity index (χ1n) is 11.8. The van der Waals surface area contributed by atoms with Crippen molar-refractivity contribution in [2.75, 3.05) is 13.1 Å². The van der Waals surface area contributed by atoms with Crippen molar-refractivity contribution >= 4 is 28.0 Å². The summed E-state index contributed by atoms with van der Waals surface area (Å²) in [5, 5.41) is 23.0. The predicted molar refractivity (Wildman–Crippen MR) is 136 cm³/mol. The number of nitrogens with two attached hydrogens (primary N) is 1. The van der Waals surface area contributed by atoms with Crippen LogP contribution in [0.5, 0.6) is 0 Å². The largest absolute Gasteiger partial charge is 0.481 e. The van der Waals surface area contributed by atoms with Crippen LogP contribution in [0, 0.1) is 11.8 Å². The van der Waals surface area contributed by atoms with Crippen LogP contribution in [-0.4, -0.2) is 71.5 Å². The second-order valence-corrected chi connectivity index (χ2v) is 11.9. The van der Waals surface area contributed by atoms with E-state index < -0.39 is 58.0 Å². The quantitative estimate of drug-likeness (QED) is 0.209. The number of aliphatic hydroxyl groups excluding tert-OH is 1. The fourth-order valence-electron chi connectivity index (χ4n) is 3.71. The molecule has 0 radical (unpaired) electrons. The number of nitrogens with zero attached hydrogens (tertiary/aromatic N) is 1. The summed E-state index contributed by atoms with van der Waals surface area (Å²) in [5.41, 5.74) is 4.74. The maximum Gasteiger partial charge on any atom is 0.305 e. The predicted octanol–water partition coefficient (Wildman–Crippen LogP) is 0.632. The summed E-state index contributed by atoms with van der Waals surface area (Å²) in [6.07, 6.45) is -1.71. The number of carbonyl (C=O) groups excluding carboxylic acids is 2. The van der Waals surface area contributed by atoms with Gasteiger partial charge in [0.15, 0.2) is 0 Å². The number of carbonyl (C=O) groups is 3. The Bertz CT molecular complexity index is 983. The van der Waals surface area contributed by atoms with Gasteiger partial charge in [-0.15, -0.1) is 0 Å². The van der Waals surface area contributed by atoms with E-state index in [2.05, 4.69) is 10.0 Å². The molecule has 0 aliphatic rings. The van der Waals surface area contributed by atoms with E-state index in [-0.39, 0.29) is 31.8 Å². The summed E-state index contributed by atoms with van der Waals surface area (Å²) >= 11 is 0.